The van der Waals surface area contributed by atoms with Crippen molar-refractivity contribution < 1.29 is 71.7 Å². The molecule has 19 heteroatoms. The summed E-state index contributed by atoms with van der Waals surface area (Å²) in [5.74, 6) is -2.99. The quantitative estimate of drug-likeness (QED) is 0.0469. The number of hydrogen-bond donors (Lipinski definition) is 2. The van der Waals surface area contributed by atoms with Crippen molar-refractivity contribution >= 4 is 67.5 Å². The van der Waals surface area contributed by atoms with E-state index in [-0.39, 0.29) is 52.7 Å². The van der Waals surface area contributed by atoms with Crippen LogP contribution in [0.25, 0.3) is 5.65 Å². The Morgan fingerprint density at radius 1 is 1.38 bits per heavy atom. The molecule has 2 aliphatic heterocycles. The third-order valence-electron chi connectivity index (χ3n) is 5.86. The molecule has 3 N–H and O–H groups in total. The summed E-state index contributed by atoms with van der Waals surface area (Å²) in [5.41, 5.74) is 5.27. The molecular formula is C21H18N7NaO8S3. The largest absolute Gasteiger partial charge is 1.00 e. The average Bonchev–Trinajstić information content (AvgIpc) is 3.48. The fourth-order valence-corrected chi connectivity index (χ4v) is 7.19. The normalized spacial score (nSPS) is 19.8. The minimum absolute atomic E-state index is 0. The van der Waals surface area contributed by atoms with Gasteiger partial charge in [-0.05, 0) is 6.07 Å². The van der Waals surface area contributed by atoms with Crippen molar-refractivity contribution in [3.05, 3.63) is 53.8 Å². The number of aliphatic imine (C=N–C) groups is 1. The zero-order chi connectivity index (χ0) is 28.1. The molecule has 0 aromatic carbocycles. The Morgan fingerprint density at radius 2 is 2.12 bits per heavy atom. The van der Waals surface area contributed by atoms with Crippen LogP contribution in [0.15, 0.2) is 62.4 Å². The molecule has 1 saturated heterocycles. The van der Waals surface area contributed by atoms with Gasteiger partial charge >= 0.3 is 35.5 Å². The van der Waals surface area contributed by atoms with Crippen LogP contribution in [-0.2, 0) is 31.1 Å². The summed E-state index contributed by atoms with van der Waals surface area (Å²) in [7, 11) is -4.01. The summed E-state index contributed by atoms with van der Waals surface area (Å²) in [6, 6.07) is 4.29. The van der Waals surface area contributed by atoms with E-state index in [1.165, 1.54) is 11.8 Å². The van der Waals surface area contributed by atoms with Gasteiger partial charge in [-0.2, -0.15) is 0 Å². The number of nitrogens with zero attached hydrogens (tertiary/aromatic N) is 6. The number of amides is 1. The number of anilines is 1. The zero-order valence-electron chi connectivity index (χ0n) is 20.8. The number of hydrogen-bond acceptors (Lipinski definition) is 13. The Bertz CT molecular complexity index is 1720. The number of rotatable bonds is 8. The third-order valence-corrected chi connectivity index (χ3v) is 9.37. The van der Waals surface area contributed by atoms with E-state index < -0.39 is 54.9 Å². The van der Waals surface area contributed by atoms with E-state index in [1.807, 2.05) is 39.6 Å². The second-order valence-electron chi connectivity index (χ2n) is 8.20. The number of aromatic nitrogens is 3. The number of oxime groups is 1. The van der Waals surface area contributed by atoms with E-state index >= 15 is 0 Å². The molecule has 5 rings (SSSR count). The van der Waals surface area contributed by atoms with E-state index in [0.29, 0.717) is 16.9 Å². The molecule has 0 saturated carbocycles. The molecule has 0 unspecified atom stereocenters. The molecule has 0 aliphatic carbocycles. The van der Waals surface area contributed by atoms with Crippen molar-refractivity contribution in [1.29, 1.82) is 0 Å². The fraction of sp³-hybridized carbons (Fsp3) is 0.238. The maximum Gasteiger partial charge on any atom is 1.00 e. The van der Waals surface area contributed by atoms with Crippen LogP contribution in [0.4, 0.5) is 5.13 Å². The van der Waals surface area contributed by atoms with Gasteiger partial charge in [-0.15, -0.1) is 11.8 Å². The van der Waals surface area contributed by atoms with Gasteiger partial charge in [-0.25, -0.2) is 27.2 Å². The minimum atomic E-state index is -5.08. The second-order valence-corrected chi connectivity index (χ2v) is 11.9. The number of pyridine rings is 1. The van der Waals surface area contributed by atoms with Crippen molar-refractivity contribution in [3.8, 4) is 0 Å². The second kappa shape index (κ2) is 11.5. The number of fused-ring (bicyclic) bond motifs is 2. The van der Waals surface area contributed by atoms with Crippen molar-refractivity contribution in [2.45, 2.75) is 22.2 Å². The monoisotopic (exact) mass is 615 g/mol. The van der Waals surface area contributed by atoms with Crippen LogP contribution in [-0.4, -0.2) is 80.1 Å². The van der Waals surface area contributed by atoms with E-state index in [2.05, 4.69) is 20.0 Å². The van der Waals surface area contributed by atoms with Crippen molar-refractivity contribution in [1.82, 2.24) is 14.3 Å². The molecule has 1 amide bonds. The zero-order valence-corrected chi connectivity index (χ0v) is 25.3. The molecule has 3 aromatic heterocycles. The third kappa shape index (κ3) is 5.35. The molecule has 5 heterocycles. The summed E-state index contributed by atoms with van der Waals surface area (Å²) in [6.45, 7) is 0.217. The molecule has 2 aliphatic rings. The molecule has 15 nitrogen and oxygen atoms in total. The smallest absolute Gasteiger partial charge is 0.857 e. The maximum atomic E-state index is 13.1. The first-order chi connectivity index (χ1) is 18.5. The molecule has 0 spiro atoms. The summed E-state index contributed by atoms with van der Waals surface area (Å²) >= 11 is 1.56. The first kappa shape index (κ1) is 30.0. The maximum absolute atomic E-state index is 13.1. The number of nitrogens with two attached hydrogens (primary N) is 1. The van der Waals surface area contributed by atoms with Crippen molar-refractivity contribution in [2.24, 2.45) is 10.1 Å². The molecule has 0 bridgehead atoms. The SMILES string of the molecule is CO/N=C(/C([O-])=N[C@@H]1C(=O)N2C(C(=O)O)=C(C[n+]3ccn4ccccc43)CS[C@H]12)c1nc(N)sc1S(=O)(=O)[O-].[Na+]. The Balaban J connectivity index is 0.00000370. The number of β-lactam (4-membered cyclic amide) rings is 1. The van der Waals surface area contributed by atoms with Gasteiger partial charge in [0.15, 0.2) is 11.2 Å². The number of carbonyl (C=O) groups is 2. The van der Waals surface area contributed by atoms with E-state index in [9.17, 15) is 32.8 Å². The van der Waals surface area contributed by atoms with Crippen molar-refractivity contribution in [2.75, 3.05) is 18.6 Å². The molecule has 1 fully saturated rings. The van der Waals surface area contributed by atoms with Crippen molar-refractivity contribution in [3.63, 3.8) is 0 Å². The molecule has 0 radical (unpaired) electrons. The van der Waals surface area contributed by atoms with Crippen LogP contribution in [0.1, 0.15) is 5.69 Å². The van der Waals surface area contributed by atoms with Crippen LogP contribution in [0, 0.1) is 0 Å². The standard InChI is InChI=1S/C21H19N7O8S3.Na/c1-36-25-12(13-20(39(33,34)35)38-21(22)24-13)16(29)23-14-17(30)28-15(19(31)32)10(9-37-18(14)28)8-27-7-6-26-5-3-2-4-11(26)27;/h2-7,14,18H,8-9H2,1H3,(H4-,22,23,24,29,31,32,33,34,35);/q;+1/p-1/b25-12+;/t14-,18-;/m1./s1. The molecule has 2 atom stereocenters. The number of thioether (sulfide) groups is 1. The molecule has 3 aromatic rings. The van der Waals surface area contributed by atoms with Gasteiger partial charge in [0.2, 0.25) is 0 Å². The van der Waals surface area contributed by atoms with Crippen LogP contribution in [0.5, 0.6) is 0 Å². The van der Waals surface area contributed by atoms with Gasteiger partial charge in [0.1, 0.15) is 62.9 Å². The summed E-state index contributed by atoms with van der Waals surface area (Å²) in [5, 5.41) is 25.3. The average molecular weight is 616 g/mol. The number of thiazole rings is 1. The topological polar surface area (TPSA) is 219 Å². The van der Waals surface area contributed by atoms with E-state index in [1.54, 1.807) is 6.20 Å². The number of carbonyl (C=O) groups excluding carboxylic acids is 1. The van der Waals surface area contributed by atoms with Gasteiger partial charge in [0.05, 0.1) is 6.20 Å². The Morgan fingerprint density at radius 3 is 2.80 bits per heavy atom. The predicted octanol–water partition coefficient (Wildman–Crippen LogP) is -4.39. The summed E-state index contributed by atoms with van der Waals surface area (Å²) in [4.78, 5) is 38.5. The first-order valence-electron chi connectivity index (χ1n) is 10.9. The Labute approximate surface area is 256 Å². The van der Waals surface area contributed by atoms with Crippen LogP contribution in [0.2, 0.25) is 0 Å². The van der Waals surface area contributed by atoms with Crippen LogP contribution in [0.3, 0.4) is 0 Å². The van der Waals surface area contributed by atoms with Gasteiger partial charge in [-0.1, -0.05) is 22.6 Å². The number of imidazole rings is 1. The van der Waals surface area contributed by atoms with Gasteiger partial charge in [0, 0.05) is 23.3 Å². The molecule has 40 heavy (non-hydrogen) atoms. The van der Waals surface area contributed by atoms with E-state index in [0.717, 1.165) is 17.7 Å². The Kier molecular flexibility index (Phi) is 8.60. The van der Waals surface area contributed by atoms with E-state index in [4.69, 9.17) is 5.73 Å². The van der Waals surface area contributed by atoms with Crippen LogP contribution >= 0.6 is 23.1 Å². The Hall–Kier alpha value is -3.00. The van der Waals surface area contributed by atoms with Gasteiger partial charge < -0.3 is 25.3 Å². The van der Waals surface area contributed by atoms with Crippen LogP contribution < -0.4 is 45.0 Å². The van der Waals surface area contributed by atoms with Gasteiger partial charge in [0.25, 0.3) is 11.6 Å². The number of nitrogen functional groups attached to an aromatic ring is 1. The fourth-order valence-electron chi connectivity index (χ4n) is 4.26. The number of aliphatic carboxylic acids is 1. The minimum Gasteiger partial charge on any atom is -0.857 e. The summed E-state index contributed by atoms with van der Waals surface area (Å²) in [6.07, 6.45) is 5.47. The summed E-state index contributed by atoms with van der Waals surface area (Å²) < 4.78 is 37.8. The molecular weight excluding hydrogens is 597 g/mol. The first-order valence-corrected chi connectivity index (χ1v) is 14.2. The number of carboxylic acid groups (broad SMARTS) is 1. The predicted molar refractivity (Wildman–Crippen MR) is 135 cm³/mol. The van der Waals surface area contributed by atoms with Gasteiger partial charge in [-0.3, -0.25) is 14.7 Å². The number of carboxylic acids is 1. The molecule has 204 valence electrons.